The molecule has 0 fully saturated rings. The highest BCUT2D eigenvalue weighted by molar-refractivity contribution is 9.10. The van der Waals surface area contributed by atoms with Crippen LogP contribution in [0.4, 0.5) is 5.69 Å². The predicted molar refractivity (Wildman–Crippen MR) is 77.9 cm³/mol. The van der Waals surface area contributed by atoms with E-state index in [2.05, 4.69) is 25.8 Å². The van der Waals surface area contributed by atoms with Crippen molar-refractivity contribution in [3.63, 3.8) is 0 Å². The Morgan fingerprint density at radius 1 is 1.42 bits per heavy atom. The molecule has 1 aromatic carbocycles. The smallest absolute Gasteiger partial charge is 0.265 e. The van der Waals surface area contributed by atoms with Crippen molar-refractivity contribution in [3.8, 4) is 0 Å². The normalized spacial score (nSPS) is 11.6. The van der Waals surface area contributed by atoms with Crippen molar-refractivity contribution < 1.29 is 8.42 Å². The van der Waals surface area contributed by atoms with Crippen molar-refractivity contribution in [2.45, 2.75) is 11.8 Å². The summed E-state index contributed by atoms with van der Waals surface area (Å²) in [7, 11) is -2.01. The van der Waals surface area contributed by atoms with Crippen molar-refractivity contribution in [1.82, 2.24) is 9.78 Å². The van der Waals surface area contributed by atoms with Gasteiger partial charge < -0.3 is 0 Å². The van der Waals surface area contributed by atoms with E-state index >= 15 is 0 Å². The van der Waals surface area contributed by atoms with Gasteiger partial charge in [0.2, 0.25) is 0 Å². The molecule has 2 rings (SSSR count). The summed E-state index contributed by atoms with van der Waals surface area (Å²) in [5.74, 6) is 0. The summed E-state index contributed by atoms with van der Waals surface area (Å²) in [6.45, 7) is 1.69. The van der Waals surface area contributed by atoms with Crippen LogP contribution in [0.25, 0.3) is 0 Å². The first kappa shape index (κ1) is 14.4. The fourth-order valence-corrected chi connectivity index (χ4v) is 3.58. The van der Waals surface area contributed by atoms with Crippen LogP contribution in [0.3, 0.4) is 0 Å². The maximum Gasteiger partial charge on any atom is 0.265 e. The zero-order valence-corrected chi connectivity index (χ0v) is 13.3. The summed E-state index contributed by atoms with van der Waals surface area (Å²) >= 11 is 9.25. The highest BCUT2D eigenvalue weighted by Gasteiger charge is 2.21. The van der Waals surface area contributed by atoms with Crippen LogP contribution in [0, 0.1) is 6.92 Å². The summed E-state index contributed by atoms with van der Waals surface area (Å²) in [5, 5.41) is 4.24. The molecule has 19 heavy (non-hydrogen) atoms. The SMILES string of the molecule is Cc1c(S(=O)(=O)Nc2ccc(Br)cc2Cl)cnn1C. The number of halogens is 2. The molecule has 0 saturated heterocycles. The number of hydrogen-bond donors (Lipinski definition) is 1. The van der Waals surface area contributed by atoms with Crippen LogP contribution >= 0.6 is 27.5 Å². The van der Waals surface area contributed by atoms with E-state index in [1.54, 1.807) is 32.2 Å². The maximum atomic E-state index is 12.2. The van der Waals surface area contributed by atoms with Gasteiger partial charge in [-0.2, -0.15) is 5.10 Å². The summed E-state index contributed by atoms with van der Waals surface area (Å²) in [4.78, 5) is 0.133. The molecule has 0 bridgehead atoms. The Morgan fingerprint density at radius 3 is 2.63 bits per heavy atom. The van der Waals surface area contributed by atoms with Gasteiger partial charge in [-0.1, -0.05) is 27.5 Å². The zero-order chi connectivity index (χ0) is 14.2. The molecule has 5 nitrogen and oxygen atoms in total. The molecular weight excluding hydrogens is 354 g/mol. The number of rotatable bonds is 3. The molecule has 0 saturated carbocycles. The quantitative estimate of drug-likeness (QED) is 0.910. The van der Waals surface area contributed by atoms with Gasteiger partial charge in [0, 0.05) is 11.5 Å². The number of nitrogens with one attached hydrogen (secondary N) is 1. The summed E-state index contributed by atoms with van der Waals surface area (Å²) in [5.41, 5.74) is 0.883. The third-order valence-electron chi connectivity index (χ3n) is 2.66. The largest absolute Gasteiger partial charge is 0.278 e. The number of hydrogen-bond acceptors (Lipinski definition) is 3. The van der Waals surface area contributed by atoms with Crippen LogP contribution in [0.5, 0.6) is 0 Å². The number of aromatic nitrogens is 2. The summed E-state index contributed by atoms with van der Waals surface area (Å²) < 4.78 is 29.2. The molecule has 1 heterocycles. The lowest BCUT2D eigenvalue weighted by Crippen LogP contribution is -2.14. The van der Waals surface area contributed by atoms with Crippen molar-refractivity contribution in [2.24, 2.45) is 7.05 Å². The predicted octanol–water partition coefficient (Wildman–Crippen LogP) is 2.95. The van der Waals surface area contributed by atoms with E-state index in [9.17, 15) is 8.42 Å². The van der Waals surface area contributed by atoms with Crippen LogP contribution in [-0.4, -0.2) is 18.2 Å². The van der Waals surface area contributed by atoms with E-state index in [-0.39, 0.29) is 4.90 Å². The fraction of sp³-hybridized carbons (Fsp3) is 0.182. The van der Waals surface area contributed by atoms with Gasteiger partial charge in [0.25, 0.3) is 10.0 Å². The second-order valence-corrected chi connectivity index (χ2v) is 6.92. The lowest BCUT2D eigenvalue weighted by molar-refractivity contribution is 0.600. The summed E-state index contributed by atoms with van der Waals surface area (Å²) in [6, 6.07) is 4.92. The van der Waals surface area contributed by atoms with Crippen molar-refractivity contribution in [2.75, 3.05) is 4.72 Å². The van der Waals surface area contributed by atoms with Crippen molar-refractivity contribution >= 4 is 43.2 Å². The lowest BCUT2D eigenvalue weighted by atomic mass is 10.3. The molecule has 0 radical (unpaired) electrons. The van der Waals surface area contributed by atoms with Gasteiger partial charge in [-0.15, -0.1) is 0 Å². The van der Waals surface area contributed by atoms with E-state index in [0.29, 0.717) is 16.4 Å². The molecule has 0 amide bonds. The highest BCUT2D eigenvalue weighted by Crippen LogP contribution is 2.28. The van der Waals surface area contributed by atoms with Crippen molar-refractivity contribution in [1.29, 1.82) is 0 Å². The lowest BCUT2D eigenvalue weighted by Gasteiger charge is -2.09. The second kappa shape index (κ2) is 5.15. The van der Waals surface area contributed by atoms with E-state index in [4.69, 9.17) is 11.6 Å². The Labute approximate surface area is 124 Å². The zero-order valence-electron chi connectivity index (χ0n) is 10.2. The molecule has 1 N–H and O–H groups in total. The Morgan fingerprint density at radius 2 is 2.11 bits per heavy atom. The highest BCUT2D eigenvalue weighted by atomic mass is 79.9. The minimum atomic E-state index is -3.69. The van der Waals surface area contributed by atoms with E-state index in [0.717, 1.165) is 4.47 Å². The minimum Gasteiger partial charge on any atom is -0.278 e. The number of sulfonamides is 1. The number of nitrogens with zero attached hydrogens (tertiary/aromatic N) is 2. The van der Waals surface area contributed by atoms with Gasteiger partial charge in [0.15, 0.2) is 0 Å². The number of aryl methyl sites for hydroxylation is 1. The van der Waals surface area contributed by atoms with Crippen LogP contribution in [0.2, 0.25) is 5.02 Å². The number of benzene rings is 1. The van der Waals surface area contributed by atoms with Gasteiger partial charge in [-0.25, -0.2) is 8.42 Å². The molecular formula is C11H11BrClN3O2S. The van der Waals surface area contributed by atoms with Crippen LogP contribution in [0.15, 0.2) is 33.8 Å². The fourth-order valence-electron chi connectivity index (χ4n) is 1.51. The molecule has 0 aliphatic rings. The van der Waals surface area contributed by atoms with E-state index in [1.165, 1.54) is 10.9 Å². The minimum absolute atomic E-state index is 0.133. The average Bonchev–Trinajstić information content (AvgIpc) is 2.64. The van der Waals surface area contributed by atoms with E-state index < -0.39 is 10.0 Å². The van der Waals surface area contributed by atoms with Gasteiger partial charge in [-0.05, 0) is 25.1 Å². The molecule has 8 heteroatoms. The third kappa shape index (κ3) is 2.93. The molecule has 0 aliphatic carbocycles. The van der Waals surface area contributed by atoms with E-state index in [1.807, 2.05) is 0 Å². The molecule has 102 valence electrons. The monoisotopic (exact) mass is 363 g/mol. The topological polar surface area (TPSA) is 64.0 Å². The molecule has 0 atom stereocenters. The second-order valence-electron chi connectivity index (χ2n) is 3.95. The Hall–Kier alpha value is -1.05. The first-order chi connectivity index (χ1) is 8.81. The van der Waals surface area contributed by atoms with Crippen LogP contribution in [0.1, 0.15) is 5.69 Å². The third-order valence-corrected chi connectivity index (χ3v) is 4.93. The Bertz CT molecular complexity index is 728. The number of anilines is 1. The Balaban J connectivity index is 2.39. The summed E-state index contributed by atoms with van der Waals surface area (Å²) in [6.07, 6.45) is 1.31. The molecule has 0 spiro atoms. The van der Waals surface area contributed by atoms with Crippen molar-refractivity contribution in [3.05, 3.63) is 39.6 Å². The van der Waals surface area contributed by atoms with Crippen LogP contribution < -0.4 is 4.72 Å². The first-order valence-electron chi connectivity index (χ1n) is 5.28. The first-order valence-corrected chi connectivity index (χ1v) is 7.93. The van der Waals surface area contributed by atoms with Gasteiger partial charge in [0.05, 0.1) is 22.6 Å². The van der Waals surface area contributed by atoms with Gasteiger partial charge >= 0.3 is 0 Å². The molecule has 0 unspecified atom stereocenters. The standard InChI is InChI=1S/C11H11BrClN3O2S/c1-7-11(6-14-16(7)2)19(17,18)15-10-4-3-8(12)5-9(10)13/h3-6,15H,1-2H3. The Kier molecular flexibility index (Phi) is 3.89. The molecule has 0 aliphatic heterocycles. The molecule has 1 aromatic heterocycles. The van der Waals surface area contributed by atoms with Crippen LogP contribution in [-0.2, 0) is 17.1 Å². The maximum absolute atomic E-state index is 12.2. The molecule has 2 aromatic rings. The van der Waals surface area contributed by atoms with Gasteiger partial charge in [-0.3, -0.25) is 9.40 Å². The average molecular weight is 365 g/mol. The van der Waals surface area contributed by atoms with Gasteiger partial charge in [0.1, 0.15) is 4.90 Å².